The molecule has 2 N–H and O–H groups in total. The van der Waals surface area contributed by atoms with Crippen LogP contribution in [0.5, 0.6) is 0 Å². The SMILES string of the molecule is C=CC(=O)OCCC(O)NC(C)=O. The van der Waals surface area contributed by atoms with Gasteiger partial charge in [0.25, 0.3) is 0 Å². The highest BCUT2D eigenvalue weighted by atomic mass is 16.5. The van der Waals surface area contributed by atoms with Gasteiger partial charge in [0, 0.05) is 19.4 Å². The fourth-order valence-electron chi connectivity index (χ4n) is 0.637. The maximum atomic E-state index is 10.5. The summed E-state index contributed by atoms with van der Waals surface area (Å²) < 4.78 is 4.58. The number of amides is 1. The molecule has 0 fully saturated rings. The largest absolute Gasteiger partial charge is 0.462 e. The first-order valence-corrected chi connectivity index (χ1v) is 3.80. The molecule has 0 bridgehead atoms. The monoisotopic (exact) mass is 187 g/mol. The number of aliphatic hydroxyl groups excluding tert-OH is 1. The van der Waals surface area contributed by atoms with Crippen LogP contribution in [0.25, 0.3) is 0 Å². The lowest BCUT2D eigenvalue weighted by molar-refractivity contribution is -0.138. The Morgan fingerprint density at radius 1 is 1.69 bits per heavy atom. The number of carbonyl (C=O) groups excluding carboxylic acids is 2. The van der Waals surface area contributed by atoms with Gasteiger partial charge in [0.05, 0.1) is 6.61 Å². The van der Waals surface area contributed by atoms with E-state index in [1.807, 2.05) is 0 Å². The van der Waals surface area contributed by atoms with E-state index in [1.165, 1.54) is 6.92 Å². The molecule has 0 spiro atoms. The van der Waals surface area contributed by atoms with Gasteiger partial charge in [-0.1, -0.05) is 6.58 Å². The van der Waals surface area contributed by atoms with E-state index >= 15 is 0 Å². The van der Waals surface area contributed by atoms with Gasteiger partial charge in [-0.3, -0.25) is 4.79 Å². The molecule has 1 atom stereocenters. The van der Waals surface area contributed by atoms with Crippen molar-refractivity contribution in [2.75, 3.05) is 6.61 Å². The Morgan fingerprint density at radius 2 is 2.31 bits per heavy atom. The van der Waals surface area contributed by atoms with Crippen LogP contribution >= 0.6 is 0 Å². The van der Waals surface area contributed by atoms with Crippen LogP contribution < -0.4 is 5.32 Å². The Morgan fingerprint density at radius 3 is 2.77 bits per heavy atom. The van der Waals surface area contributed by atoms with Gasteiger partial charge in [-0.05, 0) is 0 Å². The van der Waals surface area contributed by atoms with Crippen molar-refractivity contribution in [3.05, 3.63) is 12.7 Å². The fraction of sp³-hybridized carbons (Fsp3) is 0.500. The average Bonchev–Trinajstić information content (AvgIpc) is 2.02. The van der Waals surface area contributed by atoms with Crippen molar-refractivity contribution in [1.29, 1.82) is 0 Å². The first kappa shape index (κ1) is 11.6. The molecule has 0 aromatic carbocycles. The summed E-state index contributed by atoms with van der Waals surface area (Å²) >= 11 is 0. The zero-order chi connectivity index (χ0) is 10.3. The van der Waals surface area contributed by atoms with Crippen molar-refractivity contribution in [3.63, 3.8) is 0 Å². The molecular formula is C8H13NO4. The summed E-state index contributed by atoms with van der Waals surface area (Å²) in [6, 6.07) is 0. The number of ether oxygens (including phenoxy) is 1. The second-order valence-electron chi connectivity index (χ2n) is 2.38. The molecule has 5 heteroatoms. The lowest BCUT2D eigenvalue weighted by Gasteiger charge is -2.10. The molecule has 0 radical (unpaired) electrons. The lowest BCUT2D eigenvalue weighted by atomic mass is 10.4. The number of hydrogen-bond acceptors (Lipinski definition) is 4. The van der Waals surface area contributed by atoms with Gasteiger partial charge >= 0.3 is 5.97 Å². The van der Waals surface area contributed by atoms with Crippen LogP contribution in [0.15, 0.2) is 12.7 Å². The summed E-state index contributed by atoms with van der Waals surface area (Å²) in [6.07, 6.45) is 0.222. The van der Waals surface area contributed by atoms with Gasteiger partial charge in [0.2, 0.25) is 5.91 Å². The zero-order valence-corrected chi connectivity index (χ0v) is 7.45. The quantitative estimate of drug-likeness (QED) is 0.347. The van der Waals surface area contributed by atoms with E-state index in [4.69, 9.17) is 5.11 Å². The molecule has 74 valence electrons. The summed E-state index contributed by atoms with van der Waals surface area (Å²) in [4.78, 5) is 20.9. The minimum atomic E-state index is -0.977. The van der Waals surface area contributed by atoms with Crippen LogP contribution in [0.2, 0.25) is 0 Å². The van der Waals surface area contributed by atoms with Gasteiger partial charge in [-0.25, -0.2) is 4.79 Å². The summed E-state index contributed by atoms with van der Waals surface area (Å²) in [6.45, 7) is 4.54. The van der Waals surface area contributed by atoms with Crippen LogP contribution in [-0.2, 0) is 14.3 Å². The smallest absolute Gasteiger partial charge is 0.330 e. The Bertz CT molecular complexity index is 202. The van der Waals surface area contributed by atoms with Crippen molar-refractivity contribution in [2.24, 2.45) is 0 Å². The molecule has 0 saturated carbocycles. The van der Waals surface area contributed by atoms with Crippen molar-refractivity contribution >= 4 is 11.9 Å². The standard InChI is InChI=1S/C8H13NO4/c1-3-8(12)13-5-4-7(11)9-6(2)10/h3,7,11H,1,4-5H2,2H3,(H,9,10). The molecule has 1 unspecified atom stereocenters. The summed E-state index contributed by atoms with van der Waals surface area (Å²) in [5, 5.41) is 11.3. The van der Waals surface area contributed by atoms with Crippen molar-refractivity contribution in [2.45, 2.75) is 19.6 Å². The number of hydrogen-bond donors (Lipinski definition) is 2. The molecule has 5 nitrogen and oxygen atoms in total. The van der Waals surface area contributed by atoms with Crippen LogP contribution in [0.1, 0.15) is 13.3 Å². The third kappa shape index (κ3) is 7.02. The van der Waals surface area contributed by atoms with Crippen molar-refractivity contribution < 1.29 is 19.4 Å². The maximum absolute atomic E-state index is 10.5. The van der Waals surface area contributed by atoms with Crippen LogP contribution in [0, 0.1) is 0 Å². The van der Waals surface area contributed by atoms with Crippen LogP contribution in [0.3, 0.4) is 0 Å². The molecule has 0 saturated heterocycles. The minimum Gasteiger partial charge on any atom is -0.462 e. The van der Waals surface area contributed by atoms with Crippen molar-refractivity contribution in [1.82, 2.24) is 5.32 Å². The van der Waals surface area contributed by atoms with E-state index in [9.17, 15) is 9.59 Å². The first-order valence-electron chi connectivity index (χ1n) is 3.80. The predicted molar refractivity (Wildman–Crippen MR) is 45.6 cm³/mol. The third-order valence-electron chi connectivity index (χ3n) is 1.17. The summed E-state index contributed by atoms with van der Waals surface area (Å²) in [5.74, 6) is -0.877. The molecule has 0 aromatic rings. The highest BCUT2D eigenvalue weighted by molar-refractivity contribution is 5.81. The Hall–Kier alpha value is -1.36. The second-order valence-corrected chi connectivity index (χ2v) is 2.38. The third-order valence-corrected chi connectivity index (χ3v) is 1.17. The fourth-order valence-corrected chi connectivity index (χ4v) is 0.637. The zero-order valence-electron chi connectivity index (χ0n) is 7.45. The van der Waals surface area contributed by atoms with Crippen LogP contribution in [0.4, 0.5) is 0 Å². The molecule has 1 amide bonds. The van der Waals surface area contributed by atoms with Crippen LogP contribution in [-0.4, -0.2) is 29.8 Å². The Kier molecular flexibility index (Phi) is 5.54. The number of rotatable bonds is 5. The first-order chi connectivity index (χ1) is 6.06. The van der Waals surface area contributed by atoms with E-state index in [0.29, 0.717) is 0 Å². The topological polar surface area (TPSA) is 75.6 Å². The normalized spacial score (nSPS) is 11.5. The number of esters is 1. The number of aliphatic hydroxyl groups is 1. The molecule has 0 aliphatic rings. The maximum Gasteiger partial charge on any atom is 0.330 e. The van der Waals surface area contributed by atoms with E-state index in [2.05, 4.69) is 16.6 Å². The molecule has 0 rings (SSSR count). The molecular weight excluding hydrogens is 174 g/mol. The number of carbonyl (C=O) groups is 2. The van der Waals surface area contributed by atoms with E-state index < -0.39 is 12.2 Å². The minimum absolute atomic E-state index is 0.0479. The van der Waals surface area contributed by atoms with Gasteiger partial charge in [-0.15, -0.1) is 0 Å². The molecule has 0 aliphatic carbocycles. The van der Waals surface area contributed by atoms with Crippen molar-refractivity contribution in [3.8, 4) is 0 Å². The lowest BCUT2D eigenvalue weighted by Crippen LogP contribution is -2.33. The molecule has 0 heterocycles. The van der Waals surface area contributed by atoms with Gasteiger partial charge in [0.1, 0.15) is 6.23 Å². The van der Waals surface area contributed by atoms with E-state index in [0.717, 1.165) is 6.08 Å². The molecule has 13 heavy (non-hydrogen) atoms. The molecule has 0 aliphatic heterocycles. The predicted octanol–water partition coefficient (Wildman–Crippen LogP) is -0.440. The van der Waals surface area contributed by atoms with E-state index in [-0.39, 0.29) is 18.9 Å². The highest BCUT2D eigenvalue weighted by Crippen LogP contribution is 1.89. The van der Waals surface area contributed by atoms with Gasteiger partial charge < -0.3 is 15.2 Å². The average molecular weight is 187 g/mol. The summed E-state index contributed by atoms with van der Waals surface area (Å²) in [5.41, 5.74) is 0. The summed E-state index contributed by atoms with van der Waals surface area (Å²) in [7, 11) is 0. The second kappa shape index (κ2) is 6.19. The van der Waals surface area contributed by atoms with Gasteiger partial charge in [-0.2, -0.15) is 0 Å². The van der Waals surface area contributed by atoms with Gasteiger partial charge in [0.15, 0.2) is 0 Å². The molecule has 0 aromatic heterocycles. The Labute approximate surface area is 76.4 Å². The Balaban J connectivity index is 3.47. The van der Waals surface area contributed by atoms with E-state index in [1.54, 1.807) is 0 Å². The highest BCUT2D eigenvalue weighted by Gasteiger charge is 2.05. The number of nitrogens with one attached hydrogen (secondary N) is 1.